The van der Waals surface area contributed by atoms with Crippen LogP contribution in [-0.2, 0) is 0 Å². The van der Waals surface area contributed by atoms with Crippen LogP contribution in [0.1, 0.15) is 161 Å². The molecule has 0 heterocycles. The minimum Gasteiger partial charge on any atom is -0.316 e. The van der Waals surface area contributed by atoms with E-state index in [1.807, 2.05) is 0 Å². The molecule has 0 aromatic rings. The molecule has 0 fully saturated rings. The van der Waals surface area contributed by atoms with E-state index in [2.05, 4.69) is 6.92 Å². The normalized spacial score (nSPS) is 11.6. The average molecular weight is 397 g/mol. The third kappa shape index (κ3) is 25.9. The number of hydrogen-bond acceptors (Lipinski definition) is 2. The van der Waals surface area contributed by atoms with Gasteiger partial charge < -0.3 is 11.5 Å². The fourth-order valence-electron chi connectivity index (χ4n) is 4.17. The van der Waals surface area contributed by atoms with Gasteiger partial charge in [-0.25, -0.2) is 0 Å². The summed E-state index contributed by atoms with van der Waals surface area (Å²) in [6.45, 7) is 2.30. The maximum atomic E-state index is 5.56. The van der Waals surface area contributed by atoms with Gasteiger partial charge in [-0.05, 0) is 6.42 Å². The molecule has 0 aromatic carbocycles. The lowest BCUT2D eigenvalue weighted by molar-refractivity contribution is 0.512. The first-order valence-corrected chi connectivity index (χ1v) is 13.3. The van der Waals surface area contributed by atoms with Crippen LogP contribution in [0.15, 0.2) is 0 Å². The lowest BCUT2D eigenvalue weighted by Crippen LogP contribution is -2.29. The Labute approximate surface area is 179 Å². The zero-order valence-electron chi connectivity index (χ0n) is 19.7. The topological polar surface area (TPSA) is 52.0 Å². The molecule has 0 spiro atoms. The van der Waals surface area contributed by atoms with Crippen molar-refractivity contribution in [2.24, 2.45) is 11.5 Å². The van der Waals surface area contributed by atoms with Crippen LogP contribution in [0, 0.1) is 0 Å². The van der Waals surface area contributed by atoms with Gasteiger partial charge in [0.2, 0.25) is 0 Å². The molecule has 2 nitrogen and oxygen atoms in total. The molecule has 28 heavy (non-hydrogen) atoms. The van der Waals surface area contributed by atoms with E-state index in [9.17, 15) is 0 Å². The molecule has 0 bridgehead atoms. The van der Waals surface area contributed by atoms with Crippen molar-refractivity contribution in [3.05, 3.63) is 0 Å². The lowest BCUT2D eigenvalue weighted by Gasteiger charge is -2.05. The first-order chi connectivity index (χ1) is 13.8. The first-order valence-electron chi connectivity index (χ1n) is 13.3. The molecular formula is C26H56N2. The molecule has 4 N–H and O–H groups in total. The van der Waals surface area contributed by atoms with Crippen molar-refractivity contribution in [2.45, 2.75) is 167 Å². The van der Waals surface area contributed by atoms with Crippen molar-refractivity contribution in [1.82, 2.24) is 0 Å². The maximum absolute atomic E-state index is 5.56. The van der Waals surface area contributed by atoms with Gasteiger partial charge in [-0.3, -0.25) is 0 Å². The standard InChI is InChI=1S/C26H56N2/c1-2-3-4-5-6-7-8-9-10-11-12-13-14-15-16-17-18-19-20-21-22-23-24-25-26(27)28/h26H,2-25,27-28H2,1H3. The van der Waals surface area contributed by atoms with E-state index < -0.39 is 0 Å². The van der Waals surface area contributed by atoms with Crippen LogP contribution in [0.3, 0.4) is 0 Å². The largest absolute Gasteiger partial charge is 0.316 e. The molecule has 0 amide bonds. The summed E-state index contributed by atoms with van der Waals surface area (Å²) < 4.78 is 0. The molecule has 0 aliphatic heterocycles. The molecule has 0 saturated carbocycles. The van der Waals surface area contributed by atoms with Crippen LogP contribution in [0.2, 0.25) is 0 Å². The molecule has 0 saturated heterocycles. The fourth-order valence-corrected chi connectivity index (χ4v) is 4.17. The summed E-state index contributed by atoms with van der Waals surface area (Å²) >= 11 is 0. The second kappa shape index (κ2) is 25.0. The van der Waals surface area contributed by atoms with Crippen LogP contribution in [-0.4, -0.2) is 6.17 Å². The second-order valence-electron chi connectivity index (χ2n) is 9.23. The minimum absolute atomic E-state index is 0.102. The van der Waals surface area contributed by atoms with Crippen LogP contribution in [0.5, 0.6) is 0 Å². The quantitative estimate of drug-likeness (QED) is 0.127. The highest BCUT2D eigenvalue weighted by Crippen LogP contribution is 2.15. The summed E-state index contributed by atoms with van der Waals surface area (Å²) in [5, 5.41) is 0. The zero-order chi connectivity index (χ0) is 20.5. The molecule has 0 rings (SSSR count). The first kappa shape index (κ1) is 27.9. The van der Waals surface area contributed by atoms with E-state index in [4.69, 9.17) is 11.5 Å². The molecule has 2 heteroatoms. The van der Waals surface area contributed by atoms with Crippen LogP contribution in [0.25, 0.3) is 0 Å². The molecule has 0 aromatic heterocycles. The van der Waals surface area contributed by atoms with E-state index in [0.717, 1.165) is 6.42 Å². The Hall–Kier alpha value is -0.0800. The minimum atomic E-state index is -0.102. The molecule has 0 unspecified atom stereocenters. The molecule has 170 valence electrons. The van der Waals surface area contributed by atoms with Crippen molar-refractivity contribution in [3.63, 3.8) is 0 Å². The van der Waals surface area contributed by atoms with Crippen molar-refractivity contribution in [2.75, 3.05) is 0 Å². The van der Waals surface area contributed by atoms with E-state index in [0.29, 0.717) is 0 Å². The highest BCUT2D eigenvalue weighted by molar-refractivity contribution is 4.53. The summed E-state index contributed by atoms with van der Waals surface area (Å²) in [6, 6.07) is 0. The maximum Gasteiger partial charge on any atom is 0.0520 e. The van der Waals surface area contributed by atoms with E-state index in [1.165, 1.54) is 148 Å². The smallest absolute Gasteiger partial charge is 0.0520 e. The fraction of sp³-hybridized carbons (Fsp3) is 1.00. The summed E-state index contributed by atoms with van der Waals surface area (Å²) in [7, 11) is 0. The molecule has 0 aliphatic rings. The van der Waals surface area contributed by atoms with Crippen LogP contribution < -0.4 is 11.5 Å². The Morgan fingerprint density at radius 1 is 0.357 bits per heavy atom. The van der Waals surface area contributed by atoms with E-state index >= 15 is 0 Å². The summed E-state index contributed by atoms with van der Waals surface area (Å²) in [4.78, 5) is 0. The highest BCUT2D eigenvalue weighted by atomic mass is 14.8. The Balaban J connectivity index is 2.98. The van der Waals surface area contributed by atoms with Crippen molar-refractivity contribution >= 4 is 0 Å². The van der Waals surface area contributed by atoms with Crippen LogP contribution in [0.4, 0.5) is 0 Å². The van der Waals surface area contributed by atoms with E-state index in [-0.39, 0.29) is 6.17 Å². The number of nitrogens with two attached hydrogens (primary N) is 2. The van der Waals surface area contributed by atoms with E-state index in [1.54, 1.807) is 0 Å². The van der Waals surface area contributed by atoms with Gasteiger partial charge in [0.1, 0.15) is 0 Å². The van der Waals surface area contributed by atoms with Crippen LogP contribution >= 0.6 is 0 Å². The lowest BCUT2D eigenvalue weighted by atomic mass is 10.0. The van der Waals surface area contributed by atoms with Crippen molar-refractivity contribution < 1.29 is 0 Å². The third-order valence-electron chi connectivity index (χ3n) is 6.14. The van der Waals surface area contributed by atoms with Gasteiger partial charge in [0.15, 0.2) is 0 Å². The molecule has 0 aliphatic carbocycles. The molecule has 0 atom stereocenters. The van der Waals surface area contributed by atoms with Gasteiger partial charge in [0.25, 0.3) is 0 Å². The zero-order valence-corrected chi connectivity index (χ0v) is 19.7. The Bertz CT molecular complexity index is 265. The van der Waals surface area contributed by atoms with Crippen molar-refractivity contribution in [1.29, 1.82) is 0 Å². The summed E-state index contributed by atoms with van der Waals surface area (Å²) in [5.74, 6) is 0. The molecular weight excluding hydrogens is 340 g/mol. The summed E-state index contributed by atoms with van der Waals surface area (Å²) in [5.41, 5.74) is 11.1. The third-order valence-corrected chi connectivity index (χ3v) is 6.14. The number of unbranched alkanes of at least 4 members (excludes halogenated alkanes) is 22. The Morgan fingerprint density at radius 3 is 0.786 bits per heavy atom. The second-order valence-corrected chi connectivity index (χ2v) is 9.23. The van der Waals surface area contributed by atoms with Gasteiger partial charge >= 0.3 is 0 Å². The predicted molar refractivity (Wildman–Crippen MR) is 129 cm³/mol. The Kier molecular flexibility index (Phi) is 24.9. The Morgan fingerprint density at radius 2 is 0.571 bits per heavy atom. The average Bonchev–Trinajstić information content (AvgIpc) is 2.68. The predicted octanol–water partition coefficient (Wildman–Crippen LogP) is 8.61. The SMILES string of the molecule is CCCCCCCCCCCCCCCCCCCCCCCCCC(N)N. The summed E-state index contributed by atoms with van der Waals surface area (Å²) in [6.07, 6.45) is 33.9. The number of rotatable bonds is 24. The van der Waals surface area contributed by atoms with Gasteiger partial charge in [0.05, 0.1) is 6.17 Å². The van der Waals surface area contributed by atoms with Gasteiger partial charge in [-0.1, -0.05) is 155 Å². The monoisotopic (exact) mass is 396 g/mol. The van der Waals surface area contributed by atoms with Gasteiger partial charge in [-0.15, -0.1) is 0 Å². The van der Waals surface area contributed by atoms with Crippen molar-refractivity contribution in [3.8, 4) is 0 Å². The van der Waals surface area contributed by atoms with Gasteiger partial charge in [-0.2, -0.15) is 0 Å². The molecule has 0 radical (unpaired) electrons. The number of hydrogen-bond donors (Lipinski definition) is 2. The highest BCUT2D eigenvalue weighted by Gasteiger charge is 1.97. The van der Waals surface area contributed by atoms with Gasteiger partial charge in [0, 0.05) is 0 Å².